The lowest BCUT2D eigenvalue weighted by Gasteiger charge is -2.14. The van der Waals surface area contributed by atoms with E-state index in [0.717, 1.165) is 7.14 Å². The molecule has 4 N–H and O–H groups in total. The Morgan fingerprint density at radius 2 is 1.29 bits per heavy atom. The zero-order valence-electron chi connectivity index (χ0n) is 10.8. The average Bonchev–Trinajstić information content (AvgIpc) is 2.42. The molecule has 0 spiro atoms. The van der Waals surface area contributed by atoms with Crippen LogP contribution in [-0.2, 0) is 0 Å². The number of hydrogen-bond donors (Lipinski definition) is 4. The van der Waals surface area contributed by atoms with Gasteiger partial charge in [-0.1, -0.05) is 0 Å². The molecule has 0 saturated heterocycles. The SMILES string of the molecule is O=C(NCCO)c1c(I)cc(I)c(C(=O)NCCO)c1I. The van der Waals surface area contributed by atoms with Crippen LogP contribution in [0.15, 0.2) is 6.07 Å². The van der Waals surface area contributed by atoms with Crippen molar-refractivity contribution in [3.63, 3.8) is 0 Å². The van der Waals surface area contributed by atoms with Gasteiger partial charge in [-0.2, -0.15) is 0 Å². The largest absolute Gasteiger partial charge is 0.395 e. The smallest absolute Gasteiger partial charge is 0.253 e. The highest BCUT2D eigenvalue weighted by molar-refractivity contribution is 14.1. The van der Waals surface area contributed by atoms with E-state index in [0.29, 0.717) is 14.7 Å². The van der Waals surface area contributed by atoms with Crippen LogP contribution >= 0.6 is 67.8 Å². The average molecular weight is 630 g/mol. The van der Waals surface area contributed by atoms with Crippen LogP contribution < -0.4 is 10.6 Å². The number of carbonyl (C=O) groups is 2. The molecule has 9 heteroatoms. The van der Waals surface area contributed by atoms with Crippen molar-refractivity contribution in [2.24, 2.45) is 0 Å². The van der Waals surface area contributed by atoms with E-state index < -0.39 is 0 Å². The summed E-state index contributed by atoms with van der Waals surface area (Å²) in [5, 5.41) is 22.7. The summed E-state index contributed by atoms with van der Waals surface area (Å²) >= 11 is 6.06. The molecule has 0 fully saturated rings. The van der Waals surface area contributed by atoms with E-state index in [1.807, 2.05) is 67.8 Å². The Morgan fingerprint density at radius 1 is 0.905 bits per heavy atom. The molecular weight excluding hydrogens is 617 g/mol. The maximum atomic E-state index is 12.1. The highest BCUT2D eigenvalue weighted by atomic mass is 127. The van der Waals surface area contributed by atoms with Crippen LogP contribution in [-0.4, -0.2) is 48.3 Å². The third-order valence-electron chi connectivity index (χ3n) is 2.42. The number of amides is 2. The van der Waals surface area contributed by atoms with Gasteiger partial charge in [0.05, 0.1) is 24.3 Å². The third kappa shape index (κ3) is 5.14. The van der Waals surface area contributed by atoms with Crippen molar-refractivity contribution in [1.82, 2.24) is 10.6 Å². The fourth-order valence-electron chi connectivity index (χ4n) is 1.52. The quantitative estimate of drug-likeness (QED) is 0.353. The molecule has 0 atom stereocenters. The Kier molecular flexibility index (Phi) is 8.66. The summed E-state index contributed by atoms with van der Waals surface area (Å²) in [6.07, 6.45) is 0. The van der Waals surface area contributed by atoms with Gasteiger partial charge in [0.25, 0.3) is 11.8 Å². The zero-order chi connectivity index (χ0) is 16.0. The number of benzene rings is 1. The molecule has 21 heavy (non-hydrogen) atoms. The van der Waals surface area contributed by atoms with Crippen LogP contribution in [0, 0.1) is 10.7 Å². The van der Waals surface area contributed by atoms with Gasteiger partial charge >= 0.3 is 0 Å². The Balaban J connectivity index is 3.22. The maximum Gasteiger partial charge on any atom is 0.253 e. The molecule has 2 amide bonds. The summed E-state index contributed by atoms with van der Waals surface area (Å²) in [7, 11) is 0. The molecule has 0 aliphatic heterocycles. The van der Waals surface area contributed by atoms with E-state index in [1.54, 1.807) is 6.07 Å². The van der Waals surface area contributed by atoms with Gasteiger partial charge in [-0.25, -0.2) is 0 Å². The molecular formula is C12H13I3N2O4. The number of rotatable bonds is 6. The van der Waals surface area contributed by atoms with Gasteiger partial charge in [-0.15, -0.1) is 0 Å². The minimum Gasteiger partial charge on any atom is -0.395 e. The van der Waals surface area contributed by atoms with E-state index in [9.17, 15) is 9.59 Å². The fourth-order valence-corrected chi connectivity index (χ4v) is 5.87. The lowest BCUT2D eigenvalue weighted by atomic mass is 10.1. The number of aliphatic hydroxyl groups is 2. The first-order chi connectivity index (χ1) is 9.93. The number of halogens is 3. The summed E-state index contributed by atoms with van der Waals surface area (Å²) in [5.74, 6) is -0.657. The van der Waals surface area contributed by atoms with Crippen molar-refractivity contribution < 1.29 is 19.8 Å². The summed E-state index contributed by atoms with van der Waals surface area (Å²) in [6.45, 7) is 0.0201. The molecule has 0 radical (unpaired) electrons. The Labute approximate surface area is 162 Å². The molecule has 0 bridgehead atoms. The topological polar surface area (TPSA) is 98.7 Å². The van der Waals surface area contributed by atoms with Crippen molar-refractivity contribution >= 4 is 79.6 Å². The molecule has 0 aliphatic rings. The molecule has 0 aromatic heterocycles. The second-order valence-corrected chi connectivity index (χ2v) is 7.27. The lowest BCUT2D eigenvalue weighted by Crippen LogP contribution is -2.31. The molecule has 0 unspecified atom stereocenters. The number of hydrogen-bond acceptors (Lipinski definition) is 4. The van der Waals surface area contributed by atoms with Crippen LogP contribution in [0.25, 0.3) is 0 Å². The van der Waals surface area contributed by atoms with Gasteiger partial charge in [0, 0.05) is 23.8 Å². The van der Waals surface area contributed by atoms with E-state index in [-0.39, 0.29) is 38.1 Å². The first kappa shape index (κ1) is 19.3. The van der Waals surface area contributed by atoms with Gasteiger partial charge < -0.3 is 20.8 Å². The second kappa shape index (κ2) is 9.42. The molecule has 0 aliphatic carbocycles. The highest BCUT2D eigenvalue weighted by Gasteiger charge is 2.23. The van der Waals surface area contributed by atoms with Crippen LogP contribution in [0.3, 0.4) is 0 Å². The fraction of sp³-hybridized carbons (Fsp3) is 0.333. The molecule has 1 aromatic carbocycles. The van der Waals surface area contributed by atoms with Gasteiger partial charge in [0.15, 0.2) is 0 Å². The summed E-state index contributed by atoms with van der Waals surface area (Å²) in [6, 6.07) is 1.75. The molecule has 1 aromatic rings. The van der Waals surface area contributed by atoms with Crippen LogP contribution in [0.4, 0.5) is 0 Å². The monoisotopic (exact) mass is 630 g/mol. The van der Waals surface area contributed by atoms with Gasteiger partial charge in [-0.3, -0.25) is 9.59 Å². The van der Waals surface area contributed by atoms with Crippen molar-refractivity contribution in [3.8, 4) is 0 Å². The van der Waals surface area contributed by atoms with Crippen molar-refractivity contribution in [2.75, 3.05) is 26.3 Å². The normalized spacial score (nSPS) is 10.3. The Bertz CT molecular complexity index is 508. The predicted molar refractivity (Wildman–Crippen MR) is 103 cm³/mol. The highest BCUT2D eigenvalue weighted by Crippen LogP contribution is 2.27. The molecule has 1 rings (SSSR count). The molecule has 6 nitrogen and oxygen atoms in total. The first-order valence-electron chi connectivity index (χ1n) is 5.89. The van der Waals surface area contributed by atoms with Crippen molar-refractivity contribution in [2.45, 2.75) is 0 Å². The lowest BCUT2D eigenvalue weighted by molar-refractivity contribution is 0.0941. The van der Waals surface area contributed by atoms with E-state index in [1.165, 1.54) is 0 Å². The predicted octanol–water partition coefficient (Wildman–Crippen LogP) is 0.945. The van der Waals surface area contributed by atoms with Crippen LogP contribution in [0.1, 0.15) is 20.7 Å². The van der Waals surface area contributed by atoms with Crippen LogP contribution in [0.2, 0.25) is 0 Å². The Hall–Kier alpha value is 0.270. The van der Waals surface area contributed by atoms with Gasteiger partial charge in [-0.05, 0) is 73.8 Å². The molecule has 0 saturated carbocycles. The molecule has 0 heterocycles. The van der Waals surface area contributed by atoms with E-state index in [4.69, 9.17) is 10.2 Å². The van der Waals surface area contributed by atoms with E-state index in [2.05, 4.69) is 10.6 Å². The third-order valence-corrected chi connectivity index (χ3v) is 5.20. The van der Waals surface area contributed by atoms with Crippen molar-refractivity contribution in [3.05, 3.63) is 27.9 Å². The Morgan fingerprint density at radius 3 is 1.62 bits per heavy atom. The summed E-state index contributed by atoms with van der Waals surface area (Å²) in [5.41, 5.74) is 0.832. The second-order valence-electron chi connectivity index (χ2n) is 3.86. The molecule has 116 valence electrons. The summed E-state index contributed by atoms with van der Waals surface area (Å²) in [4.78, 5) is 24.3. The number of carbonyl (C=O) groups excluding carboxylic acids is 2. The standard InChI is InChI=1S/C12H13I3N2O4/c13-6-5-7(14)9(12(21)17-2-4-19)10(15)8(6)11(20)16-1-3-18/h5,18-19H,1-4H2,(H,16,20)(H,17,21). The number of nitrogens with one attached hydrogen (secondary N) is 2. The van der Waals surface area contributed by atoms with Gasteiger partial charge in [0.1, 0.15) is 0 Å². The maximum absolute atomic E-state index is 12.1. The van der Waals surface area contributed by atoms with E-state index >= 15 is 0 Å². The number of aliphatic hydroxyl groups excluding tert-OH is 2. The summed E-state index contributed by atoms with van der Waals surface area (Å²) < 4.78 is 2.01. The minimum atomic E-state index is -0.328. The van der Waals surface area contributed by atoms with Gasteiger partial charge in [0.2, 0.25) is 0 Å². The van der Waals surface area contributed by atoms with Crippen molar-refractivity contribution in [1.29, 1.82) is 0 Å². The van der Waals surface area contributed by atoms with Crippen LogP contribution in [0.5, 0.6) is 0 Å². The first-order valence-corrected chi connectivity index (χ1v) is 9.13. The minimum absolute atomic E-state index is 0.146. The zero-order valence-corrected chi connectivity index (χ0v) is 17.2.